The first kappa shape index (κ1) is 21.6. The van der Waals surface area contributed by atoms with Crippen LogP contribution in [0.2, 0.25) is 0 Å². The molecule has 6 nitrogen and oxygen atoms in total. The lowest BCUT2D eigenvalue weighted by atomic mass is 10.1. The second-order valence-corrected chi connectivity index (χ2v) is 8.20. The first-order valence-electron chi connectivity index (χ1n) is 11.0. The van der Waals surface area contributed by atoms with Crippen molar-refractivity contribution >= 4 is 22.6 Å². The van der Waals surface area contributed by atoms with Gasteiger partial charge in [0.2, 0.25) is 0 Å². The number of fused-ring (bicyclic) bond motifs is 2. The van der Waals surface area contributed by atoms with Gasteiger partial charge in [0.05, 0.1) is 17.1 Å². The molecule has 5 aromatic rings. The van der Waals surface area contributed by atoms with Crippen molar-refractivity contribution in [1.29, 1.82) is 0 Å². The molecule has 6 heteroatoms. The fourth-order valence-corrected chi connectivity index (χ4v) is 4.19. The van der Waals surface area contributed by atoms with Crippen molar-refractivity contribution in [2.24, 2.45) is 7.05 Å². The van der Waals surface area contributed by atoms with Crippen LogP contribution in [0.15, 0.2) is 43.4 Å². The summed E-state index contributed by atoms with van der Waals surface area (Å²) in [5.74, 6) is 0.938. The van der Waals surface area contributed by atoms with Crippen molar-refractivity contribution in [3.05, 3.63) is 65.9 Å². The van der Waals surface area contributed by atoms with E-state index in [9.17, 15) is 0 Å². The third-order valence-electron chi connectivity index (χ3n) is 5.68. The Hall–Kier alpha value is -3.67. The van der Waals surface area contributed by atoms with E-state index in [1.54, 1.807) is 6.33 Å². The molecule has 4 heterocycles. The molecule has 1 N–H and O–H groups in total. The third-order valence-corrected chi connectivity index (χ3v) is 5.68. The van der Waals surface area contributed by atoms with Crippen LogP contribution in [0, 0.1) is 20.8 Å². The molecule has 0 aliphatic rings. The quantitative estimate of drug-likeness (QED) is 0.356. The average molecular weight is 429 g/mol. The van der Waals surface area contributed by atoms with Crippen LogP contribution in [0.25, 0.3) is 45.3 Å². The van der Waals surface area contributed by atoms with Gasteiger partial charge in [-0.3, -0.25) is 0 Å². The van der Waals surface area contributed by atoms with E-state index in [2.05, 4.69) is 78.2 Å². The van der Waals surface area contributed by atoms with E-state index in [1.807, 2.05) is 30.8 Å². The second kappa shape index (κ2) is 8.46. The number of benzene rings is 1. The highest BCUT2D eigenvalue weighted by Crippen LogP contribution is 2.33. The molecule has 32 heavy (non-hydrogen) atoms. The highest BCUT2D eigenvalue weighted by Gasteiger charge is 2.15. The van der Waals surface area contributed by atoms with Gasteiger partial charge >= 0.3 is 0 Å². The summed E-state index contributed by atoms with van der Waals surface area (Å²) in [4.78, 5) is 12.7. The zero-order chi connectivity index (χ0) is 23.0. The zero-order valence-electron chi connectivity index (χ0n) is 19.7. The maximum atomic E-state index is 4.74. The minimum Gasteiger partial charge on any atom is -0.354 e. The molecule has 0 unspecified atom stereocenters. The predicted octanol–water partition coefficient (Wildman–Crippen LogP) is 6.51. The lowest BCUT2D eigenvalue weighted by Gasteiger charge is -2.04. The standard InChI is InChI=1S/C23H22N6.C3H8.H2/c1-6-20-15(4)26-23(28(20)5)16-7-8-18-14(3)21(27-19(18)10-16)17-9-13(2)22-24-12-25-29(22)11-17;1-3-2;/h6-12,27H,1H2,2-5H3;3H2,1-2H3;1H. The first-order chi connectivity index (χ1) is 15.4. The molecule has 0 radical (unpaired) electrons. The summed E-state index contributed by atoms with van der Waals surface area (Å²) in [5, 5.41) is 5.51. The molecule has 0 atom stereocenters. The van der Waals surface area contributed by atoms with E-state index >= 15 is 0 Å². The molecule has 0 fully saturated rings. The molecular formula is C26H32N6. The number of pyridine rings is 1. The van der Waals surface area contributed by atoms with Crippen molar-refractivity contribution in [2.75, 3.05) is 0 Å². The van der Waals surface area contributed by atoms with E-state index in [4.69, 9.17) is 4.98 Å². The maximum Gasteiger partial charge on any atom is 0.158 e. The SMILES string of the molecule is C=Cc1c(C)nc(-c2ccc3c(C)c(-c4cc(C)c5ncnn5c4)[nH]c3c2)n1C.CCC.[HH]. The molecule has 0 saturated heterocycles. The molecule has 166 valence electrons. The number of imidazole rings is 1. The second-order valence-electron chi connectivity index (χ2n) is 8.20. The van der Waals surface area contributed by atoms with Crippen molar-refractivity contribution in [1.82, 2.24) is 29.1 Å². The molecular weight excluding hydrogens is 396 g/mol. The lowest BCUT2D eigenvalue weighted by Crippen LogP contribution is -1.94. The van der Waals surface area contributed by atoms with Gasteiger partial charge in [-0.15, -0.1) is 0 Å². The number of nitrogens with zero attached hydrogens (tertiary/aromatic N) is 5. The van der Waals surface area contributed by atoms with Crippen LogP contribution in [0.4, 0.5) is 0 Å². The lowest BCUT2D eigenvalue weighted by molar-refractivity contribution is 0.912. The molecule has 4 aromatic heterocycles. The van der Waals surface area contributed by atoms with Gasteiger partial charge in [0.15, 0.2) is 5.65 Å². The van der Waals surface area contributed by atoms with Crippen LogP contribution in [-0.2, 0) is 7.05 Å². The number of aromatic nitrogens is 6. The Morgan fingerprint density at radius 2 is 1.88 bits per heavy atom. The number of rotatable bonds is 3. The van der Waals surface area contributed by atoms with Gasteiger partial charge < -0.3 is 9.55 Å². The molecule has 0 amide bonds. The largest absolute Gasteiger partial charge is 0.354 e. The summed E-state index contributed by atoms with van der Waals surface area (Å²) in [6.45, 7) is 14.4. The van der Waals surface area contributed by atoms with E-state index in [1.165, 1.54) is 17.4 Å². The van der Waals surface area contributed by atoms with E-state index in [-0.39, 0.29) is 1.43 Å². The maximum absolute atomic E-state index is 4.74. The van der Waals surface area contributed by atoms with Gasteiger partial charge in [-0.2, -0.15) is 5.10 Å². The van der Waals surface area contributed by atoms with Crippen molar-refractivity contribution in [3.8, 4) is 22.6 Å². The first-order valence-corrected chi connectivity index (χ1v) is 11.0. The van der Waals surface area contributed by atoms with Gasteiger partial charge in [0.25, 0.3) is 0 Å². The highest BCUT2D eigenvalue weighted by atomic mass is 15.3. The Bertz CT molecular complexity index is 1440. The molecule has 0 aliphatic heterocycles. The summed E-state index contributed by atoms with van der Waals surface area (Å²) in [7, 11) is 2.03. The fraction of sp³-hybridized carbons (Fsp3) is 0.269. The van der Waals surface area contributed by atoms with Crippen LogP contribution in [0.1, 0.15) is 44.2 Å². The summed E-state index contributed by atoms with van der Waals surface area (Å²) in [6, 6.07) is 8.62. The molecule has 0 aliphatic carbocycles. The zero-order valence-corrected chi connectivity index (χ0v) is 19.7. The Kier molecular flexibility index (Phi) is 5.70. The van der Waals surface area contributed by atoms with E-state index in [0.29, 0.717) is 0 Å². The van der Waals surface area contributed by atoms with Gasteiger partial charge in [-0.25, -0.2) is 14.5 Å². The van der Waals surface area contributed by atoms with Crippen molar-refractivity contribution in [2.45, 2.75) is 41.0 Å². The normalized spacial score (nSPS) is 11.1. The summed E-state index contributed by atoms with van der Waals surface area (Å²) in [6.07, 6.45) is 6.71. The Balaban J connectivity index is 0.000000728. The van der Waals surface area contributed by atoms with Crippen LogP contribution in [0.3, 0.4) is 0 Å². The number of aryl methyl sites for hydroxylation is 3. The Morgan fingerprint density at radius 1 is 1.12 bits per heavy atom. The molecule has 0 bridgehead atoms. The summed E-state index contributed by atoms with van der Waals surface area (Å²) < 4.78 is 3.91. The topological polar surface area (TPSA) is 63.8 Å². The van der Waals surface area contributed by atoms with E-state index in [0.717, 1.165) is 50.8 Å². The monoisotopic (exact) mass is 428 g/mol. The van der Waals surface area contributed by atoms with Gasteiger partial charge in [-0.05, 0) is 50.1 Å². The highest BCUT2D eigenvalue weighted by molar-refractivity contribution is 5.93. The molecule has 1 aromatic carbocycles. The number of nitrogens with one attached hydrogen (secondary N) is 1. The number of H-pyrrole nitrogens is 1. The molecule has 5 rings (SSSR count). The average Bonchev–Trinajstić information content (AvgIpc) is 3.44. The van der Waals surface area contributed by atoms with Crippen LogP contribution < -0.4 is 0 Å². The van der Waals surface area contributed by atoms with E-state index < -0.39 is 0 Å². The summed E-state index contributed by atoms with van der Waals surface area (Å²) in [5.41, 5.74) is 9.58. The minimum absolute atomic E-state index is 0. The minimum atomic E-state index is 0. The number of hydrogen-bond acceptors (Lipinski definition) is 3. The van der Waals surface area contributed by atoms with Gasteiger partial charge in [-0.1, -0.05) is 39.0 Å². The number of aromatic amines is 1. The van der Waals surface area contributed by atoms with Crippen LogP contribution in [-0.4, -0.2) is 29.1 Å². The van der Waals surface area contributed by atoms with Crippen molar-refractivity contribution in [3.63, 3.8) is 0 Å². The number of hydrogen-bond donors (Lipinski definition) is 1. The third kappa shape index (κ3) is 3.51. The smallest absolute Gasteiger partial charge is 0.158 e. The molecule has 0 saturated carbocycles. The Labute approximate surface area is 190 Å². The fourth-order valence-electron chi connectivity index (χ4n) is 4.19. The predicted molar refractivity (Wildman–Crippen MR) is 135 cm³/mol. The van der Waals surface area contributed by atoms with Crippen LogP contribution in [0.5, 0.6) is 0 Å². The Morgan fingerprint density at radius 3 is 2.56 bits per heavy atom. The van der Waals surface area contributed by atoms with Crippen LogP contribution >= 0.6 is 0 Å². The van der Waals surface area contributed by atoms with Gasteiger partial charge in [0, 0.05) is 36.7 Å². The molecule has 0 spiro atoms. The van der Waals surface area contributed by atoms with Gasteiger partial charge in [0.1, 0.15) is 12.2 Å². The van der Waals surface area contributed by atoms with Crippen molar-refractivity contribution < 1.29 is 1.43 Å². The summed E-state index contributed by atoms with van der Waals surface area (Å²) >= 11 is 0.